The van der Waals surface area contributed by atoms with E-state index in [1.165, 1.54) is 0 Å². The Morgan fingerprint density at radius 1 is 1.47 bits per heavy atom. The van der Waals surface area contributed by atoms with E-state index < -0.39 is 0 Å². The van der Waals surface area contributed by atoms with Gasteiger partial charge in [0.05, 0.1) is 19.4 Å². The van der Waals surface area contributed by atoms with Gasteiger partial charge in [0.15, 0.2) is 5.96 Å². The van der Waals surface area contributed by atoms with Crippen molar-refractivity contribution in [2.45, 2.75) is 6.54 Å². The summed E-state index contributed by atoms with van der Waals surface area (Å²) in [6.07, 6.45) is 1.61. The first kappa shape index (κ1) is 15.8. The number of aliphatic imine (C=N–C) groups is 1. The summed E-state index contributed by atoms with van der Waals surface area (Å²) in [6, 6.07) is 3.68. The van der Waals surface area contributed by atoms with Gasteiger partial charge in [-0.3, -0.25) is 9.79 Å². The molecule has 3 N–H and O–H groups in total. The van der Waals surface area contributed by atoms with E-state index in [4.69, 9.17) is 4.42 Å². The summed E-state index contributed by atoms with van der Waals surface area (Å²) in [5.74, 6) is 1.27. The Bertz CT molecular complexity index is 351. The summed E-state index contributed by atoms with van der Waals surface area (Å²) < 4.78 is 5.15. The van der Waals surface area contributed by atoms with Gasteiger partial charge in [0.25, 0.3) is 0 Å². The number of nitrogens with zero attached hydrogens (tertiary/aromatic N) is 1. The lowest BCUT2D eigenvalue weighted by Gasteiger charge is -2.09. The number of carbonyl (C=O) groups excluding carboxylic acids is 1. The van der Waals surface area contributed by atoms with E-state index in [2.05, 4.69) is 20.9 Å². The van der Waals surface area contributed by atoms with Crippen molar-refractivity contribution in [2.24, 2.45) is 4.99 Å². The van der Waals surface area contributed by atoms with Gasteiger partial charge in [-0.25, -0.2) is 0 Å². The highest BCUT2D eigenvalue weighted by molar-refractivity contribution is 14.0. The van der Waals surface area contributed by atoms with Gasteiger partial charge in [0, 0.05) is 14.1 Å². The first-order valence-corrected chi connectivity index (χ1v) is 4.93. The van der Waals surface area contributed by atoms with E-state index in [0.717, 1.165) is 5.76 Å². The van der Waals surface area contributed by atoms with Crippen molar-refractivity contribution in [3.63, 3.8) is 0 Å². The molecule has 0 saturated heterocycles. The van der Waals surface area contributed by atoms with Crippen LogP contribution in [0.15, 0.2) is 27.8 Å². The molecule has 0 atom stereocenters. The number of hydrogen-bond donors (Lipinski definition) is 3. The third kappa shape index (κ3) is 6.15. The third-order valence-electron chi connectivity index (χ3n) is 1.93. The molecule has 0 aliphatic carbocycles. The Morgan fingerprint density at radius 3 is 2.76 bits per heavy atom. The summed E-state index contributed by atoms with van der Waals surface area (Å²) in [5, 5.41) is 8.40. The number of likely N-dealkylation sites (N-methyl/N-ethyl adjacent to an activating group) is 1. The standard InChI is InChI=1S/C10H16N4O2.HI/c1-11-9(15)7-14-10(12-2)13-6-8-4-3-5-16-8;/h3-5H,6-7H2,1-2H3,(H,11,15)(H2,12,13,14);1H. The number of furan rings is 1. The first-order chi connectivity index (χ1) is 7.76. The van der Waals surface area contributed by atoms with Crippen LogP contribution in [0.25, 0.3) is 0 Å². The predicted molar refractivity (Wildman–Crippen MR) is 76.4 cm³/mol. The van der Waals surface area contributed by atoms with Gasteiger partial charge in [-0.05, 0) is 12.1 Å². The molecular weight excluding hydrogens is 335 g/mol. The molecule has 0 unspecified atom stereocenters. The molecule has 6 nitrogen and oxygen atoms in total. The second-order valence-corrected chi connectivity index (χ2v) is 3.03. The predicted octanol–water partition coefficient (Wildman–Crippen LogP) is 0.309. The fourth-order valence-corrected chi connectivity index (χ4v) is 1.06. The summed E-state index contributed by atoms with van der Waals surface area (Å²) in [5.41, 5.74) is 0. The zero-order valence-corrected chi connectivity index (χ0v) is 12.1. The van der Waals surface area contributed by atoms with Crippen molar-refractivity contribution in [3.8, 4) is 0 Å². The number of amides is 1. The van der Waals surface area contributed by atoms with Crippen molar-refractivity contribution < 1.29 is 9.21 Å². The molecule has 1 heterocycles. The number of halogens is 1. The molecule has 0 fully saturated rings. The molecule has 1 aromatic rings. The molecule has 0 aromatic carbocycles. The number of carbonyl (C=O) groups is 1. The lowest BCUT2D eigenvalue weighted by molar-refractivity contribution is -0.119. The molecular formula is C10H17IN4O2. The Morgan fingerprint density at radius 2 is 2.24 bits per heavy atom. The first-order valence-electron chi connectivity index (χ1n) is 4.93. The topological polar surface area (TPSA) is 78.7 Å². The molecule has 7 heteroatoms. The molecule has 0 radical (unpaired) electrons. The van der Waals surface area contributed by atoms with Crippen molar-refractivity contribution in [1.82, 2.24) is 16.0 Å². The molecule has 96 valence electrons. The maximum Gasteiger partial charge on any atom is 0.239 e. The van der Waals surface area contributed by atoms with E-state index in [-0.39, 0.29) is 36.4 Å². The van der Waals surface area contributed by atoms with Crippen LogP contribution in [0.1, 0.15) is 5.76 Å². The lowest BCUT2D eigenvalue weighted by atomic mass is 10.4. The van der Waals surface area contributed by atoms with Crippen LogP contribution < -0.4 is 16.0 Å². The normalized spacial score (nSPS) is 10.4. The summed E-state index contributed by atoms with van der Waals surface area (Å²) in [7, 11) is 3.23. The van der Waals surface area contributed by atoms with E-state index in [9.17, 15) is 4.79 Å². The Labute approximate surface area is 117 Å². The number of rotatable bonds is 4. The quantitative estimate of drug-likeness (QED) is 0.414. The smallest absolute Gasteiger partial charge is 0.239 e. The van der Waals surface area contributed by atoms with Gasteiger partial charge in [0.1, 0.15) is 5.76 Å². The fourth-order valence-electron chi connectivity index (χ4n) is 1.06. The van der Waals surface area contributed by atoms with Crippen molar-refractivity contribution >= 4 is 35.8 Å². The maximum absolute atomic E-state index is 11.0. The highest BCUT2D eigenvalue weighted by atomic mass is 127. The van der Waals surface area contributed by atoms with Gasteiger partial charge in [-0.15, -0.1) is 24.0 Å². The molecule has 17 heavy (non-hydrogen) atoms. The molecule has 1 aromatic heterocycles. The minimum absolute atomic E-state index is 0. The van der Waals surface area contributed by atoms with Crippen LogP contribution in [-0.2, 0) is 11.3 Å². The molecule has 1 amide bonds. The Balaban J connectivity index is 0.00000256. The summed E-state index contributed by atoms with van der Waals surface area (Å²) in [4.78, 5) is 15.0. The fraction of sp³-hybridized carbons (Fsp3) is 0.400. The second kappa shape index (κ2) is 8.85. The van der Waals surface area contributed by atoms with Crippen molar-refractivity contribution in [1.29, 1.82) is 0 Å². The van der Waals surface area contributed by atoms with Gasteiger partial charge < -0.3 is 20.4 Å². The Kier molecular flexibility index (Phi) is 8.20. The molecule has 0 aliphatic heterocycles. The molecule has 0 aliphatic rings. The largest absolute Gasteiger partial charge is 0.467 e. The van der Waals surface area contributed by atoms with Crippen LogP contribution in [0, 0.1) is 0 Å². The number of nitrogens with one attached hydrogen (secondary N) is 3. The van der Waals surface area contributed by atoms with E-state index in [1.54, 1.807) is 20.4 Å². The number of hydrogen-bond acceptors (Lipinski definition) is 3. The van der Waals surface area contributed by atoms with Crippen LogP contribution in [-0.4, -0.2) is 32.5 Å². The monoisotopic (exact) mass is 352 g/mol. The lowest BCUT2D eigenvalue weighted by Crippen LogP contribution is -2.42. The van der Waals surface area contributed by atoms with Gasteiger partial charge >= 0.3 is 0 Å². The van der Waals surface area contributed by atoms with Crippen LogP contribution >= 0.6 is 24.0 Å². The van der Waals surface area contributed by atoms with Gasteiger partial charge in [0.2, 0.25) is 5.91 Å². The zero-order valence-electron chi connectivity index (χ0n) is 9.82. The summed E-state index contributed by atoms with van der Waals surface area (Å²) in [6.45, 7) is 0.717. The van der Waals surface area contributed by atoms with Crippen LogP contribution in [0.5, 0.6) is 0 Å². The summed E-state index contributed by atoms with van der Waals surface area (Å²) >= 11 is 0. The highest BCUT2D eigenvalue weighted by Gasteiger charge is 2.02. The maximum atomic E-state index is 11.0. The van der Waals surface area contributed by atoms with Crippen molar-refractivity contribution in [2.75, 3.05) is 20.6 Å². The minimum Gasteiger partial charge on any atom is -0.467 e. The second-order valence-electron chi connectivity index (χ2n) is 3.03. The number of guanidine groups is 1. The van der Waals surface area contributed by atoms with Crippen LogP contribution in [0.4, 0.5) is 0 Å². The average Bonchev–Trinajstić information content (AvgIpc) is 2.81. The SMILES string of the molecule is CN=C(NCC(=O)NC)NCc1ccco1.I. The van der Waals surface area contributed by atoms with E-state index in [1.807, 2.05) is 12.1 Å². The molecule has 0 spiro atoms. The van der Waals surface area contributed by atoms with Gasteiger partial charge in [-0.2, -0.15) is 0 Å². The molecule has 0 bridgehead atoms. The van der Waals surface area contributed by atoms with E-state index >= 15 is 0 Å². The van der Waals surface area contributed by atoms with Gasteiger partial charge in [-0.1, -0.05) is 0 Å². The zero-order chi connectivity index (χ0) is 11.8. The van der Waals surface area contributed by atoms with Crippen LogP contribution in [0.3, 0.4) is 0 Å². The third-order valence-corrected chi connectivity index (χ3v) is 1.93. The van der Waals surface area contributed by atoms with E-state index in [0.29, 0.717) is 12.5 Å². The van der Waals surface area contributed by atoms with Crippen molar-refractivity contribution in [3.05, 3.63) is 24.2 Å². The van der Waals surface area contributed by atoms with Crippen LogP contribution in [0.2, 0.25) is 0 Å². The average molecular weight is 352 g/mol. The Hall–Kier alpha value is -1.25. The molecule has 0 saturated carbocycles. The minimum atomic E-state index is -0.0963. The molecule has 1 rings (SSSR count). The highest BCUT2D eigenvalue weighted by Crippen LogP contribution is 1.97.